The van der Waals surface area contributed by atoms with Crippen molar-refractivity contribution < 1.29 is 14.3 Å². The Morgan fingerprint density at radius 2 is 2.09 bits per heavy atom. The molecule has 0 atom stereocenters. The predicted octanol–water partition coefficient (Wildman–Crippen LogP) is 1.57. The molecule has 0 heterocycles. The molecule has 0 unspecified atom stereocenters. The van der Waals surface area contributed by atoms with Crippen molar-refractivity contribution in [2.75, 3.05) is 20.8 Å². The van der Waals surface area contributed by atoms with Crippen molar-refractivity contribution in [3.05, 3.63) is 46.6 Å². The number of methoxy groups -OCH3 is 2. The molecule has 0 aromatic heterocycles. The molecule has 0 spiro atoms. The fourth-order valence-corrected chi connectivity index (χ4v) is 1.78. The summed E-state index contributed by atoms with van der Waals surface area (Å²) in [5.41, 5.74) is 0.736. The summed E-state index contributed by atoms with van der Waals surface area (Å²) in [6.07, 6.45) is 0.870. The van der Waals surface area contributed by atoms with Gasteiger partial charge in [0.25, 0.3) is 5.91 Å². The summed E-state index contributed by atoms with van der Waals surface area (Å²) >= 11 is 6.00. The van der Waals surface area contributed by atoms with Crippen LogP contribution in [0.1, 0.15) is 5.56 Å². The summed E-state index contributed by atoms with van der Waals surface area (Å²) in [6, 6.07) is 9.01. The van der Waals surface area contributed by atoms with Crippen molar-refractivity contribution in [2.45, 2.75) is 12.8 Å². The quantitative estimate of drug-likeness (QED) is 0.431. The van der Waals surface area contributed by atoms with Crippen molar-refractivity contribution in [3.8, 4) is 6.07 Å². The van der Waals surface area contributed by atoms with Crippen LogP contribution >= 0.6 is 11.6 Å². The van der Waals surface area contributed by atoms with Crippen molar-refractivity contribution in [2.24, 2.45) is 0 Å². The minimum Gasteiger partial charge on any atom is -0.385 e. The van der Waals surface area contributed by atoms with Gasteiger partial charge in [-0.3, -0.25) is 4.79 Å². The van der Waals surface area contributed by atoms with E-state index in [9.17, 15) is 4.79 Å². The first-order valence-corrected chi connectivity index (χ1v) is 6.91. The zero-order valence-corrected chi connectivity index (χ0v) is 13.2. The first kappa shape index (κ1) is 18.0. The zero-order chi connectivity index (χ0) is 16.4. The van der Waals surface area contributed by atoms with Crippen LogP contribution in [0.4, 0.5) is 0 Å². The lowest BCUT2D eigenvalue weighted by Gasteiger charge is -2.13. The molecule has 0 radical (unpaired) electrons. The Balaban J connectivity index is 2.54. The first-order chi connectivity index (χ1) is 10.6. The summed E-state index contributed by atoms with van der Waals surface area (Å²) in [5, 5.41) is 15.0. The number of nitrogens with one attached hydrogen (secondary N) is 2. The summed E-state index contributed by atoms with van der Waals surface area (Å²) in [7, 11) is 3.00. The molecular weight excluding hydrogens is 306 g/mol. The van der Waals surface area contributed by atoms with E-state index >= 15 is 0 Å². The van der Waals surface area contributed by atoms with E-state index in [0.717, 1.165) is 5.56 Å². The van der Waals surface area contributed by atoms with Gasteiger partial charge >= 0.3 is 0 Å². The molecule has 7 heteroatoms. The molecule has 1 aromatic rings. The highest BCUT2D eigenvalue weighted by Gasteiger charge is 2.10. The topological polar surface area (TPSA) is 83.4 Å². The SMILES string of the molecule is COC(CN/C=C(/C#N)C(=O)NCc1ccccc1Cl)OC. The average Bonchev–Trinajstić information content (AvgIpc) is 2.54. The van der Waals surface area contributed by atoms with Crippen LogP contribution in [0.15, 0.2) is 36.0 Å². The van der Waals surface area contributed by atoms with Gasteiger partial charge in [-0.1, -0.05) is 29.8 Å². The molecule has 0 saturated carbocycles. The molecule has 1 amide bonds. The van der Waals surface area contributed by atoms with Crippen molar-refractivity contribution in [1.82, 2.24) is 10.6 Å². The fraction of sp³-hybridized carbons (Fsp3) is 0.333. The molecule has 22 heavy (non-hydrogen) atoms. The van der Waals surface area contributed by atoms with Gasteiger partial charge in [-0.25, -0.2) is 0 Å². The van der Waals surface area contributed by atoms with Gasteiger partial charge in [-0.2, -0.15) is 5.26 Å². The lowest BCUT2D eigenvalue weighted by atomic mass is 10.2. The Kier molecular flexibility index (Phi) is 8.00. The molecule has 6 nitrogen and oxygen atoms in total. The highest BCUT2D eigenvalue weighted by molar-refractivity contribution is 6.31. The van der Waals surface area contributed by atoms with Gasteiger partial charge in [0.1, 0.15) is 11.6 Å². The molecule has 0 saturated heterocycles. The standard InChI is InChI=1S/C15H18ClN3O3/c1-21-14(22-2)10-18-8-12(7-17)15(20)19-9-11-5-3-4-6-13(11)16/h3-6,8,14,18H,9-10H2,1-2H3,(H,19,20)/b12-8-. The summed E-state index contributed by atoms with van der Waals surface area (Å²) in [5.74, 6) is -0.485. The molecule has 0 aliphatic rings. The number of halogens is 1. The average molecular weight is 324 g/mol. The van der Waals surface area contributed by atoms with E-state index in [1.165, 1.54) is 20.4 Å². The maximum atomic E-state index is 11.9. The number of nitrogens with zero attached hydrogens (tertiary/aromatic N) is 1. The van der Waals surface area contributed by atoms with Crippen LogP contribution in [-0.2, 0) is 20.8 Å². The minimum atomic E-state index is -0.485. The third kappa shape index (κ3) is 5.74. The second-order valence-corrected chi connectivity index (χ2v) is 4.66. The van der Waals surface area contributed by atoms with E-state index in [-0.39, 0.29) is 12.1 Å². The van der Waals surface area contributed by atoms with E-state index in [2.05, 4.69) is 10.6 Å². The van der Waals surface area contributed by atoms with Crippen LogP contribution in [0.3, 0.4) is 0 Å². The Morgan fingerprint density at radius 3 is 2.68 bits per heavy atom. The van der Waals surface area contributed by atoms with Crippen LogP contribution in [-0.4, -0.2) is 33.0 Å². The molecule has 0 aliphatic carbocycles. The predicted molar refractivity (Wildman–Crippen MR) is 82.8 cm³/mol. The molecular formula is C15H18ClN3O3. The number of rotatable bonds is 8. The van der Waals surface area contributed by atoms with Gasteiger partial charge in [-0.05, 0) is 11.6 Å². The molecule has 1 rings (SSSR count). The number of amides is 1. The molecule has 2 N–H and O–H groups in total. The van der Waals surface area contributed by atoms with Crippen LogP contribution in [0.2, 0.25) is 5.02 Å². The van der Waals surface area contributed by atoms with Crippen molar-refractivity contribution in [1.29, 1.82) is 5.26 Å². The maximum absolute atomic E-state index is 11.9. The summed E-state index contributed by atoms with van der Waals surface area (Å²) < 4.78 is 9.96. The van der Waals surface area contributed by atoms with E-state index < -0.39 is 12.2 Å². The number of ether oxygens (including phenoxy) is 2. The van der Waals surface area contributed by atoms with Gasteiger partial charge in [0.05, 0.1) is 6.54 Å². The Hall–Kier alpha value is -2.07. The fourth-order valence-electron chi connectivity index (χ4n) is 1.58. The molecule has 0 aliphatic heterocycles. The lowest BCUT2D eigenvalue weighted by molar-refractivity contribution is -0.117. The maximum Gasteiger partial charge on any atom is 0.263 e. The Labute approximate surface area is 134 Å². The third-order valence-corrected chi connectivity index (χ3v) is 3.19. The highest BCUT2D eigenvalue weighted by atomic mass is 35.5. The number of carbonyl (C=O) groups excluding carboxylic acids is 1. The summed E-state index contributed by atoms with van der Waals surface area (Å²) in [6.45, 7) is 0.562. The van der Waals surface area contributed by atoms with Crippen molar-refractivity contribution >= 4 is 17.5 Å². The largest absolute Gasteiger partial charge is 0.385 e. The van der Waals surface area contributed by atoms with Crippen LogP contribution in [0, 0.1) is 11.3 Å². The van der Waals surface area contributed by atoms with Crippen LogP contribution < -0.4 is 10.6 Å². The normalized spacial score (nSPS) is 11.1. The van der Waals surface area contributed by atoms with Gasteiger partial charge in [0.15, 0.2) is 6.29 Å². The lowest BCUT2D eigenvalue weighted by Crippen LogP contribution is -2.29. The molecule has 0 fully saturated rings. The van der Waals surface area contributed by atoms with Crippen LogP contribution in [0.25, 0.3) is 0 Å². The van der Waals surface area contributed by atoms with Gasteiger partial charge in [0.2, 0.25) is 0 Å². The minimum absolute atomic E-state index is 0.0435. The van der Waals surface area contributed by atoms with E-state index in [4.69, 9.17) is 26.3 Å². The number of hydrogen-bond acceptors (Lipinski definition) is 5. The van der Waals surface area contributed by atoms with E-state index in [1.54, 1.807) is 18.2 Å². The summed E-state index contributed by atoms with van der Waals surface area (Å²) in [4.78, 5) is 11.9. The van der Waals surface area contributed by atoms with Gasteiger partial charge in [0, 0.05) is 32.0 Å². The second-order valence-electron chi connectivity index (χ2n) is 4.25. The number of carbonyl (C=O) groups is 1. The monoisotopic (exact) mass is 323 g/mol. The van der Waals surface area contributed by atoms with Crippen LogP contribution in [0.5, 0.6) is 0 Å². The van der Waals surface area contributed by atoms with Crippen molar-refractivity contribution in [3.63, 3.8) is 0 Å². The Morgan fingerprint density at radius 1 is 1.41 bits per heavy atom. The Bertz CT molecular complexity index is 565. The first-order valence-electron chi connectivity index (χ1n) is 6.53. The number of hydrogen-bond donors (Lipinski definition) is 2. The highest BCUT2D eigenvalue weighted by Crippen LogP contribution is 2.14. The molecule has 118 valence electrons. The van der Waals surface area contributed by atoms with E-state index in [0.29, 0.717) is 11.6 Å². The smallest absolute Gasteiger partial charge is 0.263 e. The zero-order valence-electron chi connectivity index (χ0n) is 12.4. The molecule has 0 bridgehead atoms. The number of benzene rings is 1. The van der Waals surface area contributed by atoms with Gasteiger partial charge in [-0.15, -0.1) is 0 Å². The third-order valence-electron chi connectivity index (χ3n) is 2.82. The number of nitriles is 1. The van der Waals surface area contributed by atoms with Gasteiger partial charge < -0.3 is 20.1 Å². The molecule has 1 aromatic carbocycles. The second kappa shape index (κ2) is 9.79. The van der Waals surface area contributed by atoms with E-state index in [1.807, 2.05) is 12.1 Å².